The highest BCUT2D eigenvalue weighted by atomic mass is 32.2. The van der Waals surface area contributed by atoms with E-state index in [4.69, 9.17) is 4.74 Å². The van der Waals surface area contributed by atoms with Crippen molar-refractivity contribution in [1.82, 2.24) is 4.72 Å². The van der Waals surface area contributed by atoms with Crippen molar-refractivity contribution in [3.63, 3.8) is 0 Å². The Morgan fingerprint density at radius 1 is 1.07 bits per heavy atom. The summed E-state index contributed by atoms with van der Waals surface area (Å²) in [4.78, 5) is 27.2. The fraction of sp³-hybridized carbons (Fsp3) is 0.333. The van der Waals surface area contributed by atoms with E-state index in [2.05, 4.69) is 4.72 Å². The summed E-state index contributed by atoms with van der Waals surface area (Å²) in [7, 11) is -0.458. The molecule has 2 aromatic rings. The Morgan fingerprint density at radius 3 is 2.37 bits per heavy atom. The number of nitrogens with zero attached hydrogens (tertiary/aromatic N) is 2. The predicted octanol–water partition coefficient (Wildman–Crippen LogP) is 2.15. The molecule has 1 heterocycles. The van der Waals surface area contributed by atoms with Crippen molar-refractivity contribution in [3.05, 3.63) is 48.5 Å². The molecule has 1 saturated heterocycles. The summed E-state index contributed by atoms with van der Waals surface area (Å²) in [6, 6.07) is 14.0. The second-order valence-electron chi connectivity index (χ2n) is 6.96. The number of hydrogen-bond acceptors (Lipinski definition) is 6. The standard InChI is InChI=1S/C21H25N3O5S/c1-23(16-7-4-3-5-8-16)14-6-13-22-30(27,28)17-9-10-19(29-2)18(15-17)24-20(25)11-12-21(24)26/h3-5,7-10,15,22H,6,11-14H2,1-2H3. The lowest BCUT2D eigenvalue weighted by Crippen LogP contribution is -2.30. The first-order chi connectivity index (χ1) is 14.3. The van der Waals surface area contributed by atoms with Gasteiger partial charge in [-0.3, -0.25) is 9.59 Å². The number of methoxy groups -OCH3 is 1. The van der Waals surface area contributed by atoms with Crippen LogP contribution in [0.2, 0.25) is 0 Å². The Hall–Kier alpha value is -2.91. The maximum Gasteiger partial charge on any atom is 0.240 e. The minimum atomic E-state index is -3.81. The lowest BCUT2D eigenvalue weighted by Gasteiger charge is -2.20. The van der Waals surface area contributed by atoms with Gasteiger partial charge >= 0.3 is 0 Å². The van der Waals surface area contributed by atoms with Crippen molar-refractivity contribution in [2.24, 2.45) is 0 Å². The number of para-hydroxylation sites is 1. The van der Waals surface area contributed by atoms with E-state index < -0.39 is 10.0 Å². The molecule has 0 atom stereocenters. The molecule has 30 heavy (non-hydrogen) atoms. The molecule has 0 radical (unpaired) electrons. The van der Waals surface area contributed by atoms with Gasteiger partial charge in [-0.15, -0.1) is 0 Å². The van der Waals surface area contributed by atoms with Gasteiger partial charge in [-0.2, -0.15) is 0 Å². The molecule has 0 spiro atoms. The van der Waals surface area contributed by atoms with Crippen LogP contribution in [0, 0.1) is 0 Å². The van der Waals surface area contributed by atoms with E-state index >= 15 is 0 Å². The van der Waals surface area contributed by atoms with Crippen molar-refractivity contribution in [1.29, 1.82) is 0 Å². The van der Waals surface area contributed by atoms with Gasteiger partial charge in [0.1, 0.15) is 5.75 Å². The van der Waals surface area contributed by atoms with Crippen molar-refractivity contribution in [2.75, 3.05) is 37.0 Å². The number of ether oxygens (including phenoxy) is 1. The minimum absolute atomic E-state index is 0.0257. The van der Waals surface area contributed by atoms with Crippen molar-refractivity contribution < 1.29 is 22.7 Å². The average molecular weight is 432 g/mol. The van der Waals surface area contributed by atoms with Crippen LogP contribution in [0.4, 0.5) is 11.4 Å². The molecule has 0 unspecified atom stereocenters. The maximum atomic E-state index is 12.7. The molecule has 9 heteroatoms. The van der Waals surface area contributed by atoms with Crippen LogP contribution >= 0.6 is 0 Å². The molecule has 0 aliphatic carbocycles. The van der Waals surface area contributed by atoms with Crippen LogP contribution in [-0.2, 0) is 19.6 Å². The molecular weight excluding hydrogens is 406 g/mol. The van der Waals surface area contributed by atoms with Crippen molar-refractivity contribution >= 4 is 33.2 Å². The Morgan fingerprint density at radius 2 is 1.73 bits per heavy atom. The second-order valence-corrected chi connectivity index (χ2v) is 8.73. The van der Waals surface area contributed by atoms with Crippen LogP contribution in [0.5, 0.6) is 5.75 Å². The third-order valence-corrected chi connectivity index (χ3v) is 6.37. The highest BCUT2D eigenvalue weighted by molar-refractivity contribution is 7.89. The fourth-order valence-electron chi connectivity index (χ4n) is 3.27. The number of anilines is 2. The molecule has 2 amide bonds. The summed E-state index contributed by atoms with van der Waals surface area (Å²) in [6.45, 7) is 0.930. The lowest BCUT2D eigenvalue weighted by molar-refractivity contribution is -0.121. The average Bonchev–Trinajstić information content (AvgIpc) is 3.09. The third kappa shape index (κ3) is 4.80. The predicted molar refractivity (Wildman–Crippen MR) is 114 cm³/mol. The highest BCUT2D eigenvalue weighted by Gasteiger charge is 2.33. The molecule has 0 aromatic heterocycles. The van der Waals surface area contributed by atoms with Crippen LogP contribution in [0.15, 0.2) is 53.4 Å². The molecule has 1 aliphatic rings. The van der Waals surface area contributed by atoms with E-state index in [9.17, 15) is 18.0 Å². The van der Waals surface area contributed by atoms with Crippen LogP contribution in [-0.4, -0.2) is 47.5 Å². The molecule has 160 valence electrons. The van der Waals surface area contributed by atoms with Crippen LogP contribution in [0.1, 0.15) is 19.3 Å². The zero-order valence-electron chi connectivity index (χ0n) is 17.0. The molecule has 0 saturated carbocycles. The number of hydrogen-bond donors (Lipinski definition) is 1. The lowest BCUT2D eigenvalue weighted by atomic mass is 10.2. The van der Waals surface area contributed by atoms with E-state index in [0.717, 1.165) is 10.6 Å². The molecule has 0 bridgehead atoms. The van der Waals surface area contributed by atoms with Gasteiger partial charge in [0.2, 0.25) is 21.8 Å². The molecule has 2 aromatic carbocycles. The summed E-state index contributed by atoms with van der Waals surface area (Å²) in [5, 5.41) is 0. The number of nitrogens with one attached hydrogen (secondary N) is 1. The van der Waals surface area contributed by atoms with E-state index in [1.807, 2.05) is 42.3 Å². The van der Waals surface area contributed by atoms with Gasteiger partial charge in [-0.1, -0.05) is 18.2 Å². The van der Waals surface area contributed by atoms with E-state index in [0.29, 0.717) is 13.0 Å². The SMILES string of the molecule is COc1ccc(S(=O)(=O)NCCCN(C)c2ccccc2)cc1N1C(=O)CCC1=O. The Kier molecular flexibility index (Phi) is 6.73. The third-order valence-electron chi connectivity index (χ3n) is 4.91. The first-order valence-corrected chi connectivity index (χ1v) is 11.1. The van der Waals surface area contributed by atoms with Crippen LogP contribution in [0.3, 0.4) is 0 Å². The number of sulfonamides is 1. The van der Waals surface area contributed by atoms with Gasteiger partial charge in [0.05, 0.1) is 17.7 Å². The molecule has 3 rings (SSSR count). The summed E-state index contributed by atoms with van der Waals surface area (Å²) in [6.07, 6.45) is 0.815. The Bertz CT molecular complexity index is 1010. The second kappa shape index (κ2) is 9.27. The summed E-state index contributed by atoms with van der Waals surface area (Å²) >= 11 is 0. The largest absolute Gasteiger partial charge is 0.495 e. The number of carbonyl (C=O) groups is 2. The van der Waals surface area contributed by atoms with E-state index in [1.165, 1.54) is 25.3 Å². The molecule has 8 nitrogen and oxygen atoms in total. The first-order valence-electron chi connectivity index (χ1n) is 9.63. The van der Waals surface area contributed by atoms with E-state index in [-0.39, 0.29) is 47.5 Å². The monoisotopic (exact) mass is 431 g/mol. The fourth-order valence-corrected chi connectivity index (χ4v) is 4.37. The molecule has 1 N–H and O–H groups in total. The number of amides is 2. The van der Waals surface area contributed by atoms with Gasteiger partial charge < -0.3 is 9.64 Å². The zero-order chi connectivity index (χ0) is 21.7. The number of carbonyl (C=O) groups excluding carboxylic acids is 2. The van der Waals surface area contributed by atoms with Gasteiger partial charge in [0.15, 0.2) is 0 Å². The van der Waals surface area contributed by atoms with Crippen molar-refractivity contribution in [2.45, 2.75) is 24.2 Å². The molecule has 1 aliphatic heterocycles. The summed E-state index contributed by atoms with van der Waals surface area (Å²) in [5.74, 6) is -0.475. The zero-order valence-corrected chi connectivity index (χ0v) is 17.8. The smallest absolute Gasteiger partial charge is 0.240 e. The van der Waals surface area contributed by atoms with Gasteiger partial charge in [0.25, 0.3) is 0 Å². The minimum Gasteiger partial charge on any atom is -0.495 e. The van der Waals surface area contributed by atoms with E-state index in [1.54, 1.807) is 0 Å². The maximum absolute atomic E-state index is 12.7. The number of benzene rings is 2. The highest BCUT2D eigenvalue weighted by Crippen LogP contribution is 2.34. The molecular formula is C21H25N3O5S. The number of rotatable bonds is 9. The van der Waals surface area contributed by atoms with Crippen LogP contribution < -0.4 is 19.3 Å². The van der Waals surface area contributed by atoms with Gasteiger partial charge in [-0.25, -0.2) is 18.0 Å². The summed E-state index contributed by atoms with van der Waals surface area (Å²) in [5.41, 5.74) is 1.21. The molecule has 1 fully saturated rings. The van der Waals surface area contributed by atoms with Crippen molar-refractivity contribution in [3.8, 4) is 5.75 Å². The van der Waals surface area contributed by atoms with Crippen LogP contribution in [0.25, 0.3) is 0 Å². The topological polar surface area (TPSA) is 96.0 Å². The number of imide groups is 1. The van der Waals surface area contributed by atoms with Gasteiger partial charge in [-0.05, 0) is 36.8 Å². The Labute approximate surface area is 176 Å². The van der Waals surface area contributed by atoms with Gasteiger partial charge in [0, 0.05) is 38.7 Å². The first kappa shape index (κ1) is 21.8. The Balaban J connectivity index is 1.68. The normalized spacial score (nSPS) is 14.3. The quantitative estimate of drug-likeness (QED) is 0.483. The summed E-state index contributed by atoms with van der Waals surface area (Å²) < 4.78 is 33.2.